The van der Waals surface area contributed by atoms with Crippen molar-refractivity contribution in [3.05, 3.63) is 34.3 Å². The summed E-state index contributed by atoms with van der Waals surface area (Å²) >= 11 is 5.61. The minimum absolute atomic E-state index is 0.267. The molecular weight excluding hydrogens is 265 g/mol. The second-order valence-electron chi connectivity index (χ2n) is 5.21. The molecule has 1 aliphatic heterocycles. The van der Waals surface area contributed by atoms with Crippen LogP contribution in [-0.4, -0.2) is 18.6 Å². The van der Waals surface area contributed by atoms with Crippen LogP contribution in [0.15, 0.2) is 18.2 Å². The third-order valence-electron chi connectivity index (χ3n) is 4.14. The van der Waals surface area contributed by atoms with E-state index in [4.69, 9.17) is 17.3 Å². The van der Waals surface area contributed by atoms with E-state index in [-0.39, 0.29) is 10.4 Å². The van der Waals surface area contributed by atoms with E-state index in [0.29, 0.717) is 18.7 Å². The van der Waals surface area contributed by atoms with E-state index in [2.05, 4.69) is 5.32 Å². The first-order valence-electron chi connectivity index (χ1n) is 5.65. The zero-order chi connectivity index (χ0) is 13.2. The summed E-state index contributed by atoms with van der Waals surface area (Å²) in [5.74, 6) is 0. The molecule has 1 aromatic rings. The summed E-state index contributed by atoms with van der Waals surface area (Å²) < 4.78 is 38.5. The number of nitrogens with two attached hydrogens (primary N) is 1. The first-order chi connectivity index (χ1) is 8.29. The fourth-order valence-electron chi connectivity index (χ4n) is 3.00. The summed E-state index contributed by atoms with van der Waals surface area (Å²) in [5, 5.41) is 2.87. The number of hydrogen-bond donors (Lipinski definition) is 2. The number of hydrogen-bond acceptors (Lipinski definition) is 2. The van der Waals surface area contributed by atoms with Crippen molar-refractivity contribution in [3.8, 4) is 0 Å². The minimum atomic E-state index is -4.43. The highest BCUT2D eigenvalue weighted by atomic mass is 35.5. The van der Waals surface area contributed by atoms with Gasteiger partial charge in [0.1, 0.15) is 0 Å². The van der Waals surface area contributed by atoms with Gasteiger partial charge in [-0.3, -0.25) is 0 Å². The van der Waals surface area contributed by atoms with Gasteiger partial charge in [0.05, 0.1) is 10.6 Å². The van der Waals surface area contributed by atoms with Crippen molar-refractivity contribution in [2.75, 3.05) is 13.1 Å². The van der Waals surface area contributed by atoms with Crippen molar-refractivity contribution in [1.29, 1.82) is 0 Å². The lowest BCUT2D eigenvalue weighted by atomic mass is 9.91. The van der Waals surface area contributed by atoms with Crippen molar-refractivity contribution >= 4 is 11.6 Å². The molecule has 1 aliphatic carbocycles. The van der Waals surface area contributed by atoms with E-state index in [9.17, 15) is 13.2 Å². The third-order valence-corrected chi connectivity index (χ3v) is 4.47. The Morgan fingerprint density at radius 1 is 1.28 bits per heavy atom. The predicted molar refractivity (Wildman–Crippen MR) is 62.5 cm³/mol. The van der Waals surface area contributed by atoms with Gasteiger partial charge in [-0.15, -0.1) is 0 Å². The van der Waals surface area contributed by atoms with Crippen LogP contribution >= 0.6 is 11.6 Å². The summed E-state index contributed by atoms with van der Waals surface area (Å²) in [7, 11) is 0. The molecule has 2 fully saturated rings. The van der Waals surface area contributed by atoms with Gasteiger partial charge in [0.2, 0.25) is 0 Å². The third kappa shape index (κ3) is 1.51. The predicted octanol–water partition coefficient (Wildman–Crippen LogP) is 2.30. The zero-order valence-electron chi connectivity index (χ0n) is 9.44. The molecule has 2 nitrogen and oxygen atoms in total. The fourth-order valence-corrected chi connectivity index (χ4v) is 3.22. The topological polar surface area (TPSA) is 38.0 Å². The van der Waals surface area contributed by atoms with Crippen LogP contribution in [0.4, 0.5) is 13.2 Å². The van der Waals surface area contributed by atoms with Gasteiger partial charge in [-0.1, -0.05) is 17.7 Å². The zero-order valence-corrected chi connectivity index (χ0v) is 10.2. The summed E-state index contributed by atoms with van der Waals surface area (Å²) in [6.45, 7) is 1.28. The molecule has 0 aromatic heterocycles. The standard InChI is InChI=1S/C12H12ClF3N2/c13-9-2-1-7(3-8(9)12(14,15)16)10-4-11(10,17)6-18-5-10/h1-3,18H,4-6,17H2/t10-,11-/m1/s1. The molecule has 1 saturated carbocycles. The molecule has 0 spiro atoms. The van der Waals surface area contributed by atoms with Crippen LogP contribution in [0.1, 0.15) is 17.5 Å². The van der Waals surface area contributed by atoms with Crippen LogP contribution < -0.4 is 11.1 Å². The SMILES string of the molecule is N[C@]12CNC[C@@]1(c1ccc(Cl)c(C(F)(F)F)c1)C2. The molecule has 3 N–H and O–H groups in total. The minimum Gasteiger partial charge on any atom is -0.323 e. The average Bonchev–Trinajstić information content (AvgIpc) is 2.72. The number of alkyl halides is 3. The number of fused-ring (bicyclic) bond motifs is 1. The summed E-state index contributed by atoms with van der Waals surface area (Å²) in [6.07, 6.45) is -3.70. The number of benzene rings is 1. The van der Waals surface area contributed by atoms with Gasteiger partial charge in [-0.2, -0.15) is 13.2 Å². The second-order valence-corrected chi connectivity index (χ2v) is 5.62. The molecule has 1 aromatic carbocycles. The van der Waals surface area contributed by atoms with Gasteiger partial charge in [0, 0.05) is 24.0 Å². The fraction of sp³-hybridized carbons (Fsp3) is 0.500. The van der Waals surface area contributed by atoms with Gasteiger partial charge in [-0.25, -0.2) is 0 Å². The van der Waals surface area contributed by atoms with Gasteiger partial charge < -0.3 is 11.1 Å². The van der Waals surface area contributed by atoms with E-state index in [1.54, 1.807) is 6.07 Å². The highest BCUT2D eigenvalue weighted by Gasteiger charge is 2.68. The number of halogens is 4. The molecule has 1 heterocycles. The lowest BCUT2D eigenvalue weighted by molar-refractivity contribution is -0.137. The molecule has 3 rings (SSSR count). The Bertz CT molecular complexity index is 513. The van der Waals surface area contributed by atoms with Crippen LogP contribution in [0.3, 0.4) is 0 Å². The summed E-state index contributed by atoms with van der Waals surface area (Å²) in [6, 6.07) is 4.11. The van der Waals surface area contributed by atoms with Crippen LogP contribution in [0, 0.1) is 0 Å². The Hall–Kier alpha value is -0.780. The van der Waals surface area contributed by atoms with E-state index in [1.807, 2.05) is 0 Å². The Kier molecular flexibility index (Phi) is 2.32. The lowest BCUT2D eigenvalue weighted by Gasteiger charge is -2.17. The average molecular weight is 277 g/mol. The largest absolute Gasteiger partial charge is 0.417 e. The molecule has 0 unspecified atom stereocenters. The smallest absolute Gasteiger partial charge is 0.323 e. The molecule has 0 bridgehead atoms. The van der Waals surface area contributed by atoms with Crippen LogP contribution in [0.2, 0.25) is 5.02 Å². The Morgan fingerprint density at radius 2 is 2.00 bits per heavy atom. The molecule has 6 heteroatoms. The van der Waals surface area contributed by atoms with E-state index < -0.39 is 17.3 Å². The van der Waals surface area contributed by atoms with E-state index in [0.717, 1.165) is 12.5 Å². The molecule has 1 saturated heterocycles. The Balaban J connectivity index is 2.06. The lowest BCUT2D eigenvalue weighted by Crippen LogP contribution is -2.33. The quantitative estimate of drug-likeness (QED) is 0.826. The highest BCUT2D eigenvalue weighted by molar-refractivity contribution is 6.31. The molecule has 18 heavy (non-hydrogen) atoms. The highest BCUT2D eigenvalue weighted by Crippen LogP contribution is 2.58. The normalized spacial score (nSPS) is 34.5. The van der Waals surface area contributed by atoms with Crippen LogP contribution in [0.5, 0.6) is 0 Å². The van der Waals surface area contributed by atoms with E-state index >= 15 is 0 Å². The first-order valence-corrected chi connectivity index (χ1v) is 6.03. The van der Waals surface area contributed by atoms with Gasteiger partial charge >= 0.3 is 6.18 Å². The van der Waals surface area contributed by atoms with Crippen LogP contribution in [0.25, 0.3) is 0 Å². The summed E-state index contributed by atoms with van der Waals surface area (Å²) in [4.78, 5) is 0. The van der Waals surface area contributed by atoms with Crippen molar-refractivity contribution in [2.45, 2.75) is 23.6 Å². The Labute approximate surface area is 107 Å². The molecule has 2 atom stereocenters. The molecule has 2 aliphatic rings. The first kappa shape index (κ1) is 12.3. The molecule has 98 valence electrons. The number of rotatable bonds is 1. The Morgan fingerprint density at radius 3 is 2.50 bits per heavy atom. The maximum absolute atomic E-state index is 12.8. The van der Waals surface area contributed by atoms with Crippen molar-refractivity contribution < 1.29 is 13.2 Å². The maximum atomic E-state index is 12.8. The van der Waals surface area contributed by atoms with Gasteiger partial charge in [-0.05, 0) is 24.1 Å². The van der Waals surface area contributed by atoms with Gasteiger partial charge in [0.25, 0.3) is 0 Å². The number of nitrogens with one attached hydrogen (secondary N) is 1. The van der Waals surface area contributed by atoms with Gasteiger partial charge in [0.15, 0.2) is 0 Å². The second kappa shape index (κ2) is 3.40. The monoisotopic (exact) mass is 276 g/mol. The number of piperidine rings is 1. The molecular formula is C12H12ClF3N2. The van der Waals surface area contributed by atoms with Crippen molar-refractivity contribution in [2.24, 2.45) is 5.73 Å². The molecule has 0 radical (unpaired) electrons. The maximum Gasteiger partial charge on any atom is 0.417 e. The summed E-state index contributed by atoms with van der Waals surface area (Å²) in [5.41, 5.74) is 5.24. The van der Waals surface area contributed by atoms with Crippen molar-refractivity contribution in [3.63, 3.8) is 0 Å². The van der Waals surface area contributed by atoms with Crippen LogP contribution in [-0.2, 0) is 11.6 Å². The van der Waals surface area contributed by atoms with Crippen molar-refractivity contribution in [1.82, 2.24) is 5.32 Å². The van der Waals surface area contributed by atoms with E-state index in [1.165, 1.54) is 6.07 Å². The molecule has 0 amide bonds.